The van der Waals surface area contributed by atoms with Gasteiger partial charge in [0.2, 0.25) is 0 Å². The monoisotopic (exact) mass is 80.1 g/mol. The van der Waals surface area contributed by atoms with Crippen molar-refractivity contribution in [2.75, 3.05) is 0 Å². The molecule has 32 valence electrons. The van der Waals surface area contributed by atoms with Crippen LogP contribution in [-0.2, 0) is 0 Å². The van der Waals surface area contributed by atoms with Crippen LogP contribution in [0.4, 0.5) is 0 Å². The fraction of sp³-hybridized carbons (Fsp3) is 0.600. The van der Waals surface area contributed by atoms with Crippen molar-refractivity contribution in [1.29, 1.82) is 0 Å². The first-order chi connectivity index (χ1) is 2.91. The van der Waals surface area contributed by atoms with Crippen molar-refractivity contribution < 1.29 is 0 Å². The normalized spacial score (nSPS) is 6.17. The quantitative estimate of drug-likeness (QED) is 0.292. The van der Waals surface area contributed by atoms with E-state index in [1.165, 1.54) is 0 Å². The van der Waals surface area contributed by atoms with Gasteiger partial charge in [-0.2, -0.15) is 0 Å². The smallest absolute Gasteiger partial charge is 0.112 e. The van der Waals surface area contributed by atoms with Crippen LogP contribution in [0.5, 0.6) is 0 Å². The first-order valence-corrected chi connectivity index (χ1v) is 2.37. The second kappa shape index (κ2) is 4.62. The summed E-state index contributed by atoms with van der Waals surface area (Å²) in [5, 5.41) is 0. The average Bonchev–Trinajstić information content (AvgIpc) is 1.61. The van der Waals surface area contributed by atoms with Gasteiger partial charge in [0.05, 0.1) is 0 Å². The average molecular weight is 79.9 g/mol. The van der Waals surface area contributed by atoms with Crippen LogP contribution in [0.25, 0.3) is 0 Å². The van der Waals surface area contributed by atoms with E-state index in [9.17, 15) is 0 Å². The van der Waals surface area contributed by atoms with Crippen LogP contribution in [0.3, 0.4) is 0 Å². The Labute approximate surface area is 40.4 Å². The summed E-state index contributed by atoms with van der Waals surface area (Å²) >= 11 is 0. The minimum atomic E-state index is 0.994. The molecule has 0 aliphatic rings. The molecule has 0 aliphatic carbocycles. The zero-order valence-corrected chi connectivity index (χ0v) is 4.41. The summed E-state index contributed by atoms with van der Waals surface area (Å²) in [6, 6.07) is 0. The van der Waals surface area contributed by atoms with Gasteiger partial charge in [0.15, 0.2) is 0 Å². The predicted octanol–water partition coefficient (Wildman–Crippen LogP) is 0.451. The third-order valence-corrected chi connectivity index (χ3v) is 0.479. The van der Waals surface area contributed by atoms with E-state index in [0.29, 0.717) is 0 Å². The standard InChI is InChI=1S/C5H9B/c1-2-3-4-5-6/h2,5-6H2,1H3. The molecule has 0 saturated carbocycles. The van der Waals surface area contributed by atoms with Crippen molar-refractivity contribution in [3.05, 3.63) is 0 Å². The minimum Gasteiger partial charge on any atom is -0.112 e. The minimum absolute atomic E-state index is 0.994. The molecule has 0 aromatic heterocycles. The van der Waals surface area contributed by atoms with E-state index in [-0.39, 0.29) is 0 Å². The summed E-state index contributed by atoms with van der Waals surface area (Å²) in [4.78, 5) is 0. The van der Waals surface area contributed by atoms with Crippen molar-refractivity contribution in [3.63, 3.8) is 0 Å². The van der Waals surface area contributed by atoms with Gasteiger partial charge in [-0.25, -0.2) is 0 Å². The van der Waals surface area contributed by atoms with E-state index in [1.807, 2.05) is 0 Å². The van der Waals surface area contributed by atoms with Gasteiger partial charge in [0.25, 0.3) is 0 Å². The molecule has 0 heterocycles. The van der Waals surface area contributed by atoms with Crippen molar-refractivity contribution >= 4 is 7.85 Å². The highest BCUT2D eigenvalue weighted by Gasteiger charge is 1.57. The van der Waals surface area contributed by atoms with Gasteiger partial charge in [-0.1, -0.05) is 6.92 Å². The van der Waals surface area contributed by atoms with E-state index in [2.05, 4.69) is 26.6 Å². The lowest BCUT2D eigenvalue weighted by atomic mass is 10.1. The van der Waals surface area contributed by atoms with Crippen LogP contribution in [0.15, 0.2) is 0 Å². The van der Waals surface area contributed by atoms with Gasteiger partial charge < -0.3 is 0 Å². The van der Waals surface area contributed by atoms with Crippen molar-refractivity contribution in [2.45, 2.75) is 19.7 Å². The molecule has 0 atom stereocenters. The third-order valence-electron chi connectivity index (χ3n) is 0.479. The lowest BCUT2D eigenvalue weighted by molar-refractivity contribution is 1.28. The Balaban J connectivity index is 2.90. The van der Waals surface area contributed by atoms with Crippen LogP contribution in [0.2, 0.25) is 6.32 Å². The molecule has 0 amide bonds. The third kappa shape index (κ3) is 3.62. The topological polar surface area (TPSA) is 0 Å². The molecule has 0 rings (SSSR count). The van der Waals surface area contributed by atoms with Crippen LogP contribution in [-0.4, -0.2) is 7.85 Å². The highest BCUT2D eigenvalue weighted by atomic mass is 13.6. The first-order valence-electron chi connectivity index (χ1n) is 2.37. The zero-order chi connectivity index (χ0) is 4.83. The molecule has 1 heteroatoms. The van der Waals surface area contributed by atoms with Crippen LogP contribution in [0, 0.1) is 11.8 Å². The number of rotatable bonds is 0. The second-order valence-corrected chi connectivity index (χ2v) is 1.06. The summed E-state index contributed by atoms with van der Waals surface area (Å²) in [7, 11) is 2.06. The lowest BCUT2D eigenvalue weighted by Gasteiger charge is -1.65. The zero-order valence-electron chi connectivity index (χ0n) is 4.41. The van der Waals surface area contributed by atoms with Crippen LogP contribution >= 0.6 is 0 Å². The molecular weight excluding hydrogens is 70.9 g/mol. The van der Waals surface area contributed by atoms with E-state index < -0.39 is 0 Å². The molecule has 0 aromatic carbocycles. The molecule has 0 spiro atoms. The molecule has 0 fully saturated rings. The molecular formula is C5H9B. The molecule has 0 aliphatic heterocycles. The maximum atomic E-state index is 2.95. The number of hydrogen-bond donors (Lipinski definition) is 0. The Hall–Kier alpha value is -0.375. The summed E-state index contributed by atoms with van der Waals surface area (Å²) in [5.41, 5.74) is 0. The largest absolute Gasteiger partial charge is 0.116 e. The van der Waals surface area contributed by atoms with Crippen LogP contribution in [0.1, 0.15) is 13.3 Å². The van der Waals surface area contributed by atoms with E-state index in [1.54, 1.807) is 0 Å². The Bertz CT molecular complexity index is 57.7. The summed E-state index contributed by atoms with van der Waals surface area (Å²) in [5.74, 6) is 5.90. The Morgan fingerprint density at radius 3 is 2.33 bits per heavy atom. The van der Waals surface area contributed by atoms with Gasteiger partial charge in [-0.05, 0) is 6.32 Å². The molecule has 0 radical (unpaired) electrons. The highest BCUT2D eigenvalue weighted by Crippen LogP contribution is 1.67. The SMILES string of the molecule is BCC#CCC. The Kier molecular flexibility index (Phi) is 4.34. The van der Waals surface area contributed by atoms with Gasteiger partial charge in [-0.3, -0.25) is 0 Å². The maximum absolute atomic E-state index is 2.95. The summed E-state index contributed by atoms with van der Waals surface area (Å²) < 4.78 is 0. The van der Waals surface area contributed by atoms with E-state index in [0.717, 1.165) is 12.7 Å². The second-order valence-electron chi connectivity index (χ2n) is 1.06. The molecule has 0 bridgehead atoms. The summed E-state index contributed by atoms with van der Waals surface area (Å²) in [6.07, 6.45) is 1.99. The highest BCUT2D eigenvalue weighted by molar-refractivity contribution is 6.10. The first kappa shape index (κ1) is 5.62. The van der Waals surface area contributed by atoms with Gasteiger partial charge in [-0.15, -0.1) is 11.8 Å². The molecule has 0 unspecified atom stereocenters. The molecule has 0 N–H and O–H groups in total. The van der Waals surface area contributed by atoms with E-state index >= 15 is 0 Å². The molecule has 6 heavy (non-hydrogen) atoms. The predicted molar refractivity (Wildman–Crippen MR) is 31.4 cm³/mol. The van der Waals surface area contributed by atoms with Crippen molar-refractivity contribution in [3.8, 4) is 11.8 Å². The Morgan fingerprint density at radius 1 is 1.50 bits per heavy atom. The fourth-order valence-electron chi connectivity index (χ4n) is 0.250. The fourth-order valence-corrected chi connectivity index (χ4v) is 0.250. The molecule has 0 nitrogen and oxygen atoms in total. The summed E-state index contributed by atoms with van der Waals surface area (Å²) in [6.45, 7) is 2.06. The van der Waals surface area contributed by atoms with Crippen molar-refractivity contribution in [1.82, 2.24) is 0 Å². The van der Waals surface area contributed by atoms with Crippen molar-refractivity contribution in [2.24, 2.45) is 0 Å². The lowest BCUT2D eigenvalue weighted by Crippen LogP contribution is -1.56. The van der Waals surface area contributed by atoms with E-state index in [4.69, 9.17) is 0 Å². The van der Waals surface area contributed by atoms with Gasteiger partial charge >= 0.3 is 0 Å². The van der Waals surface area contributed by atoms with Crippen LogP contribution < -0.4 is 0 Å². The molecule has 0 saturated heterocycles. The Morgan fingerprint density at radius 2 is 2.17 bits per heavy atom. The van der Waals surface area contributed by atoms with Gasteiger partial charge in [0.1, 0.15) is 7.85 Å². The van der Waals surface area contributed by atoms with Gasteiger partial charge in [0, 0.05) is 6.42 Å². The maximum Gasteiger partial charge on any atom is 0.116 e. The number of hydrogen-bond acceptors (Lipinski definition) is 0. The molecule has 0 aromatic rings.